The number of furan rings is 1. The number of aromatic nitrogens is 2. The van der Waals surface area contributed by atoms with Crippen LogP contribution in [-0.2, 0) is 0 Å². The van der Waals surface area contributed by atoms with Crippen molar-refractivity contribution in [1.29, 1.82) is 0 Å². The fourth-order valence-corrected chi connectivity index (χ4v) is 1.04. The smallest absolute Gasteiger partial charge is 0.288 e. The summed E-state index contributed by atoms with van der Waals surface area (Å²) in [5.41, 5.74) is 5.75. The van der Waals surface area contributed by atoms with Crippen LogP contribution in [0.3, 0.4) is 0 Å². The summed E-state index contributed by atoms with van der Waals surface area (Å²) in [6.45, 7) is 0. The molecule has 0 aliphatic rings. The third-order valence-corrected chi connectivity index (χ3v) is 1.68. The molecule has 0 unspecified atom stereocenters. The summed E-state index contributed by atoms with van der Waals surface area (Å²) in [7, 11) is 0. The Morgan fingerprint density at radius 1 is 1.54 bits per heavy atom. The molecule has 0 aromatic carbocycles. The number of aromatic amines is 1. The second-order valence-corrected chi connectivity index (χ2v) is 2.50. The van der Waals surface area contributed by atoms with Crippen molar-refractivity contribution >= 4 is 5.69 Å². The molecule has 0 aliphatic heterocycles. The summed E-state index contributed by atoms with van der Waals surface area (Å²) in [5.74, 6) is 0.538. The second kappa shape index (κ2) is 2.78. The maximum atomic E-state index is 11.1. The predicted molar refractivity (Wildman–Crippen MR) is 47.0 cm³/mol. The van der Waals surface area contributed by atoms with E-state index in [1.54, 1.807) is 12.1 Å². The number of rotatable bonds is 1. The van der Waals surface area contributed by atoms with E-state index in [0.717, 1.165) is 0 Å². The van der Waals surface area contributed by atoms with Crippen LogP contribution in [0, 0.1) is 0 Å². The van der Waals surface area contributed by atoms with Crippen LogP contribution in [0.5, 0.6) is 0 Å². The van der Waals surface area contributed by atoms with E-state index in [1.165, 1.54) is 12.5 Å². The molecule has 0 bridgehead atoms. The van der Waals surface area contributed by atoms with Gasteiger partial charge in [-0.15, -0.1) is 0 Å². The lowest BCUT2D eigenvalue weighted by Crippen LogP contribution is -2.13. The number of H-pyrrole nitrogens is 1. The molecule has 0 atom stereocenters. The third kappa shape index (κ3) is 1.20. The Morgan fingerprint density at radius 3 is 3.08 bits per heavy atom. The molecule has 2 rings (SSSR count). The molecule has 0 radical (unpaired) electrons. The maximum absolute atomic E-state index is 11.1. The van der Waals surface area contributed by atoms with Crippen LogP contribution in [0.1, 0.15) is 0 Å². The van der Waals surface area contributed by atoms with Gasteiger partial charge in [-0.3, -0.25) is 4.79 Å². The van der Waals surface area contributed by atoms with Gasteiger partial charge >= 0.3 is 0 Å². The SMILES string of the molecule is Nc1c(-c2ccco2)cn[nH]c1=O. The Kier molecular flexibility index (Phi) is 1.63. The quantitative estimate of drug-likeness (QED) is 0.668. The number of nitrogens with two attached hydrogens (primary N) is 1. The van der Waals surface area contributed by atoms with Gasteiger partial charge in [0.15, 0.2) is 0 Å². The minimum Gasteiger partial charge on any atom is -0.464 e. The summed E-state index contributed by atoms with van der Waals surface area (Å²) >= 11 is 0. The van der Waals surface area contributed by atoms with E-state index in [4.69, 9.17) is 10.2 Å². The van der Waals surface area contributed by atoms with E-state index in [1.807, 2.05) is 0 Å². The summed E-state index contributed by atoms with van der Waals surface area (Å²) in [4.78, 5) is 11.1. The maximum Gasteiger partial charge on any atom is 0.288 e. The van der Waals surface area contributed by atoms with Gasteiger partial charge in [-0.25, -0.2) is 5.10 Å². The van der Waals surface area contributed by atoms with Gasteiger partial charge in [0.05, 0.1) is 18.0 Å². The molecule has 2 aromatic rings. The normalized spacial score (nSPS) is 10.2. The monoisotopic (exact) mass is 177 g/mol. The summed E-state index contributed by atoms with van der Waals surface area (Å²) < 4.78 is 5.08. The van der Waals surface area contributed by atoms with Gasteiger partial charge < -0.3 is 10.2 Å². The van der Waals surface area contributed by atoms with Crippen LogP contribution < -0.4 is 11.3 Å². The van der Waals surface area contributed by atoms with E-state index in [-0.39, 0.29) is 5.69 Å². The molecule has 0 amide bonds. The van der Waals surface area contributed by atoms with Crippen molar-refractivity contribution in [2.24, 2.45) is 0 Å². The number of hydrogen-bond donors (Lipinski definition) is 2. The Morgan fingerprint density at radius 2 is 2.38 bits per heavy atom. The van der Waals surface area contributed by atoms with Crippen molar-refractivity contribution in [3.8, 4) is 11.3 Å². The molecule has 2 aromatic heterocycles. The highest BCUT2D eigenvalue weighted by molar-refractivity contribution is 5.70. The standard InChI is InChI=1S/C8H7N3O2/c9-7-5(4-10-11-8(7)12)6-2-1-3-13-6/h1-4H,(H2,9,10)(H,11,12). The second-order valence-electron chi connectivity index (χ2n) is 2.50. The zero-order valence-corrected chi connectivity index (χ0v) is 6.65. The lowest BCUT2D eigenvalue weighted by Gasteiger charge is -1.98. The van der Waals surface area contributed by atoms with Crippen LogP contribution in [0.2, 0.25) is 0 Å². The van der Waals surface area contributed by atoms with E-state index in [9.17, 15) is 4.79 Å². The predicted octanol–water partition coefficient (Wildman–Crippen LogP) is 0.612. The van der Waals surface area contributed by atoms with Crippen molar-refractivity contribution in [3.05, 3.63) is 34.9 Å². The van der Waals surface area contributed by atoms with Crippen molar-refractivity contribution in [3.63, 3.8) is 0 Å². The Labute approximate surface area is 73.2 Å². The van der Waals surface area contributed by atoms with Gasteiger partial charge in [0, 0.05) is 0 Å². The summed E-state index contributed by atoms with van der Waals surface area (Å²) in [5, 5.41) is 5.85. The minimum atomic E-state index is -0.408. The van der Waals surface area contributed by atoms with Crippen LogP contribution in [0.15, 0.2) is 33.8 Å². The molecular formula is C8H7N3O2. The summed E-state index contributed by atoms with van der Waals surface area (Å²) in [6, 6.07) is 3.43. The van der Waals surface area contributed by atoms with E-state index in [2.05, 4.69) is 10.2 Å². The van der Waals surface area contributed by atoms with Crippen molar-refractivity contribution in [2.75, 3.05) is 5.73 Å². The molecule has 0 fully saturated rings. The number of nitrogens with one attached hydrogen (secondary N) is 1. The molecule has 5 nitrogen and oxygen atoms in total. The lowest BCUT2D eigenvalue weighted by atomic mass is 10.2. The largest absolute Gasteiger partial charge is 0.464 e. The van der Waals surface area contributed by atoms with Gasteiger partial charge in [-0.2, -0.15) is 5.10 Å². The van der Waals surface area contributed by atoms with Crippen molar-refractivity contribution in [1.82, 2.24) is 10.2 Å². The van der Waals surface area contributed by atoms with Crippen molar-refractivity contribution < 1.29 is 4.42 Å². The average molecular weight is 177 g/mol. The van der Waals surface area contributed by atoms with E-state index < -0.39 is 5.56 Å². The zero-order chi connectivity index (χ0) is 9.26. The third-order valence-electron chi connectivity index (χ3n) is 1.68. The highest BCUT2D eigenvalue weighted by Crippen LogP contribution is 2.21. The first-order valence-electron chi connectivity index (χ1n) is 3.66. The molecule has 5 heteroatoms. The molecule has 0 saturated heterocycles. The molecule has 13 heavy (non-hydrogen) atoms. The van der Waals surface area contributed by atoms with Gasteiger partial charge in [0.2, 0.25) is 0 Å². The molecule has 2 heterocycles. The highest BCUT2D eigenvalue weighted by atomic mass is 16.3. The Bertz CT molecular complexity index is 458. The first-order valence-corrected chi connectivity index (χ1v) is 3.66. The van der Waals surface area contributed by atoms with Gasteiger partial charge in [0.1, 0.15) is 11.4 Å². The first kappa shape index (κ1) is 7.60. The fourth-order valence-electron chi connectivity index (χ4n) is 1.04. The van der Waals surface area contributed by atoms with Crippen LogP contribution in [0.25, 0.3) is 11.3 Å². The minimum absolute atomic E-state index is 0.116. The van der Waals surface area contributed by atoms with Crippen molar-refractivity contribution in [2.45, 2.75) is 0 Å². The van der Waals surface area contributed by atoms with Crippen LogP contribution >= 0.6 is 0 Å². The molecule has 3 N–H and O–H groups in total. The van der Waals surface area contributed by atoms with Gasteiger partial charge in [0.25, 0.3) is 5.56 Å². The fraction of sp³-hybridized carbons (Fsp3) is 0. The number of anilines is 1. The summed E-state index contributed by atoms with van der Waals surface area (Å²) in [6.07, 6.45) is 2.96. The Hall–Kier alpha value is -2.04. The van der Waals surface area contributed by atoms with E-state index >= 15 is 0 Å². The molecular weight excluding hydrogens is 170 g/mol. The number of hydrogen-bond acceptors (Lipinski definition) is 4. The van der Waals surface area contributed by atoms with E-state index in [0.29, 0.717) is 11.3 Å². The lowest BCUT2D eigenvalue weighted by molar-refractivity contribution is 0.582. The average Bonchev–Trinajstić information content (AvgIpc) is 2.62. The zero-order valence-electron chi connectivity index (χ0n) is 6.65. The molecule has 0 spiro atoms. The van der Waals surface area contributed by atoms with Gasteiger partial charge in [-0.1, -0.05) is 0 Å². The van der Waals surface area contributed by atoms with Crippen LogP contribution in [0.4, 0.5) is 5.69 Å². The van der Waals surface area contributed by atoms with Gasteiger partial charge in [-0.05, 0) is 12.1 Å². The molecule has 0 saturated carbocycles. The highest BCUT2D eigenvalue weighted by Gasteiger charge is 2.07. The van der Waals surface area contributed by atoms with Crippen LogP contribution in [-0.4, -0.2) is 10.2 Å². The topological polar surface area (TPSA) is 84.9 Å². The molecule has 0 aliphatic carbocycles. The number of nitrogen functional groups attached to an aromatic ring is 1. The molecule has 66 valence electrons. The number of nitrogens with zero attached hydrogens (tertiary/aromatic N) is 1. The Balaban J connectivity index is 2.66. The first-order chi connectivity index (χ1) is 6.29.